The molecule has 2 bridgehead atoms. The third-order valence-corrected chi connectivity index (χ3v) is 8.87. The molecule has 1 amide bonds. The lowest BCUT2D eigenvalue weighted by atomic mass is 9.89. The van der Waals surface area contributed by atoms with Gasteiger partial charge in [0.25, 0.3) is 0 Å². The number of rotatable bonds is 3. The van der Waals surface area contributed by atoms with Crippen LogP contribution in [-0.2, 0) is 4.79 Å². The van der Waals surface area contributed by atoms with Gasteiger partial charge in [-0.1, -0.05) is 26.5 Å². The molecular weight excluding hydrogens is 598 g/mol. The molecule has 0 radical (unpaired) electrons. The molecule has 4 atom stereocenters. The number of hydrogen-bond acceptors (Lipinski definition) is 9. The Hall–Kier alpha value is -4.62. The molecule has 242 valence electrons. The van der Waals surface area contributed by atoms with Gasteiger partial charge in [-0.3, -0.25) is 4.79 Å². The van der Waals surface area contributed by atoms with Crippen LogP contribution in [0.4, 0.5) is 14.6 Å². The smallest absolute Gasteiger partial charge is 0.355 e. The molecule has 0 spiro atoms. The van der Waals surface area contributed by atoms with Crippen LogP contribution in [0.3, 0.4) is 0 Å². The molecular formula is C33H36F2N6O5. The van der Waals surface area contributed by atoms with E-state index in [2.05, 4.69) is 16.5 Å². The summed E-state index contributed by atoms with van der Waals surface area (Å²) in [5, 5.41) is 22.8. The molecule has 3 aliphatic heterocycles. The molecule has 1 aromatic carbocycles. The standard InChI is InChI=1S/C33H36F2N6O5/c1-6-25(43)39-12-13-40(18(4)15-39)31-20-14-22(35)27-26-21(34)8-7-9-24(26)46-16-23(42)30(44)19-10-11-38(5)28(17(2)3)29(19)41(32(20)36-27)33(45)37-31/h6-11,14,17-18,23,28,30,42,44H,1,12-13,15-16H2,2-5H3/t18-,23?,28?,30?/m0/s1. The Kier molecular flexibility index (Phi) is 8.15. The number of pyridine rings is 1. The highest BCUT2D eigenvalue weighted by molar-refractivity contribution is 5.92. The fourth-order valence-corrected chi connectivity index (χ4v) is 6.68. The van der Waals surface area contributed by atoms with Gasteiger partial charge in [0, 0.05) is 38.3 Å². The molecule has 13 heteroatoms. The van der Waals surface area contributed by atoms with Crippen molar-refractivity contribution >= 4 is 28.5 Å². The Morgan fingerprint density at radius 1 is 1.17 bits per heavy atom. The fourth-order valence-electron chi connectivity index (χ4n) is 6.68. The number of carbonyl (C=O) groups excluding carboxylic acids is 1. The SMILES string of the molecule is C=CC(=O)N1CCN(c2nc(=O)n3c4nc(c(F)cc24)-c2c(F)cccc2OCC(O)C(O)C2=C3C(C(C)C)N(C)C=C2)[C@@H](C)C1. The minimum Gasteiger partial charge on any atom is -0.490 e. The van der Waals surface area contributed by atoms with Crippen LogP contribution in [0, 0.1) is 17.6 Å². The predicted octanol–water partition coefficient (Wildman–Crippen LogP) is 2.77. The summed E-state index contributed by atoms with van der Waals surface area (Å²) in [6, 6.07) is 4.29. The van der Waals surface area contributed by atoms with Crippen molar-refractivity contribution in [3.05, 3.63) is 76.9 Å². The van der Waals surface area contributed by atoms with Gasteiger partial charge in [-0.25, -0.2) is 23.1 Å². The van der Waals surface area contributed by atoms with E-state index in [1.807, 2.05) is 37.6 Å². The summed E-state index contributed by atoms with van der Waals surface area (Å²) < 4.78 is 38.7. The largest absolute Gasteiger partial charge is 0.490 e. The first-order chi connectivity index (χ1) is 21.9. The summed E-state index contributed by atoms with van der Waals surface area (Å²) >= 11 is 0. The molecule has 11 nitrogen and oxygen atoms in total. The Labute approximate surface area is 264 Å². The van der Waals surface area contributed by atoms with Crippen LogP contribution in [0.25, 0.3) is 28.0 Å². The lowest BCUT2D eigenvalue weighted by Crippen LogP contribution is -2.54. The number of anilines is 1. The summed E-state index contributed by atoms with van der Waals surface area (Å²) in [4.78, 5) is 41.1. The summed E-state index contributed by atoms with van der Waals surface area (Å²) in [5.41, 5.74) is -0.907. The molecule has 46 heavy (non-hydrogen) atoms. The molecule has 0 saturated carbocycles. The average molecular weight is 635 g/mol. The highest BCUT2D eigenvalue weighted by atomic mass is 19.1. The van der Waals surface area contributed by atoms with Gasteiger partial charge in [-0.05, 0) is 49.4 Å². The van der Waals surface area contributed by atoms with Crippen LogP contribution in [0.1, 0.15) is 20.8 Å². The van der Waals surface area contributed by atoms with E-state index >= 15 is 8.78 Å². The van der Waals surface area contributed by atoms with Gasteiger partial charge in [0.05, 0.1) is 22.7 Å². The highest BCUT2D eigenvalue weighted by Crippen LogP contribution is 2.39. The first-order valence-electron chi connectivity index (χ1n) is 15.2. The van der Waals surface area contributed by atoms with E-state index in [0.29, 0.717) is 25.3 Å². The van der Waals surface area contributed by atoms with Crippen LogP contribution in [0.2, 0.25) is 0 Å². The Balaban J connectivity index is 1.71. The van der Waals surface area contributed by atoms with E-state index in [1.165, 1.54) is 28.8 Å². The zero-order valence-electron chi connectivity index (χ0n) is 26.0. The van der Waals surface area contributed by atoms with Crippen molar-refractivity contribution in [1.82, 2.24) is 24.3 Å². The highest BCUT2D eigenvalue weighted by Gasteiger charge is 2.37. The molecule has 5 heterocycles. The van der Waals surface area contributed by atoms with Gasteiger partial charge in [0.15, 0.2) is 11.5 Å². The Bertz CT molecular complexity index is 1860. The third-order valence-electron chi connectivity index (χ3n) is 8.87. The lowest BCUT2D eigenvalue weighted by molar-refractivity contribution is -0.126. The molecule has 3 unspecified atom stereocenters. The number of piperazine rings is 1. The molecule has 2 aromatic heterocycles. The second-order valence-electron chi connectivity index (χ2n) is 12.2. The minimum absolute atomic E-state index is 0.0125. The summed E-state index contributed by atoms with van der Waals surface area (Å²) in [6.45, 7) is 9.78. The first kappa shape index (κ1) is 31.4. The zero-order valence-corrected chi connectivity index (χ0v) is 26.0. The van der Waals surface area contributed by atoms with E-state index in [0.717, 1.165) is 6.07 Å². The van der Waals surface area contributed by atoms with Crippen molar-refractivity contribution in [2.45, 2.75) is 45.1 Å². The molecule has 0 aliphatic carbocycles. The predicted molar refractivity (Wildman–Crippen MR) is 169 cm³/mol. The van der Waals surface area contributed by atoms with Gasteiger partial charge in [0.1, 0.15) is 41.9 Å². The number of likely N-dealkylation sites (N-methyl/N-ethyl adjacent to an activating group) is 1. The normalized spacial score (nSPS) is 23.2. The van der Waals surface area contributed by atoms with E-state index in [9.17, 15) is 19.8 Å². The minimum atomic E-state index is -1.52. The number of carbonyl (C=O) groups is 1. The molecule has 1 fully saturated rings. The quantitative estimate of drug-likeness (QED) is 0.419. The lowest BCUT2D eigenvalue weighted by Gasteiger charge is -2.41. The molecule has 6 rings (SSSR count). The van der Waals surface area contributed by atoms with Crippen LogP contribution in [0.5, 0.6) is 5.75 Å². The van der Waals surface area contributed by atoms with E-state index in [4.69, 9.17) is 4.74 Å². The third kappa shape index (κ3) is 5.13. The Morgan fingerprint density at radius 3 is 2.63 bits per heavy atom. The zero-order chi connectivity index (χ0) is 33.0. The van der Waals surface area contributed by atoms with Crippen molar-refractivity contribution in [2.24, 2.45) is 5.92 Å². The second-order valence-corrected chi connectivity index (χ2v) is 12.2. The van der Waals surface area contributed by atoms with Crippen LogP contribution < -0.4 is 15.3 Å². The monoisotopic (exact) mass is 634 g/mol. The number of benzene rings is 1. The van der Waals surface area contributed by atoms with Crippen molar-refractivity contribution in [3.8, 4) is 17.0 Å². The van der Waals surface area contributed by atoms with Crippen molar-refractivity contribution in [2.75, 3.05) is 38.2 Å². The van der Waals surface area contributed by atoms with E-state index < -0.39 is 42.2 Å². The number of aliphatic hydroxyl groups is 2. The number of nitrogens with zero attached hydrogens (tertiary/aromatic N) is 6. The van der Waals surface area contributed by atoms with Gasteiger partial charge in [0.2, 0.25) is 5.91 Å². The maximum atomic E-state index is 16.2. The number of halogens is 2. The number of hydrogen-bond donors (Lipinski definition) is 2. The number of ether oxygens (including phenoxy) is 1. The number of aromatic nitrogens is 3. The second kappa shape index (κ2) is 12.0. The molecule has 3 aromatic rings. The van der Waals surface area contributed by atoms with Gasteiger partial charge in [-0.15, -0.1) is 0 Å². The maximum absolute atomic E-state index is 16.2. The van der Waals surface area contributed by atoms with E-state index in [1.54, 1.807) is 17.2 Å². The van der Waals surface area contributed by atoms with Gasteiger partial charge in [-0.2, -0.15) is 4.98 Å². The topological polar surface area (TPSA) is 124 Å². The van der Waals surface area contributed by atoms with Crippen LogP contribution in [-0.4, -0.2) is 98.0 Å². The average Bonchev–Trinajstić information content (AvgIpc) is 3.02. The maximum Gasteiger partial charge on any atom is 0.355 e. The summed E-state index contributed by atoms with van der Waals surface area (Å²) in [7, 11) is 1.82. The number of aliphatic hydroxyl groups excluding tert-OH is 2. The van der Waals surface area contributed by atoms with E-state index in [-0.39, 0.29) is 57.3 Å². The first-order valence-corrected chi connectivity index (χ1v) is 15.2. The summed E-state index contributed by atoms with van der Waals surface area (Å²) in [5.74, 6) is -1.98. The van der Waals surface area contributed by atoms with Crippen molar-refractivity contribution in [1.29, 1.82) is 0 Å². The summed E-state index contributed by atoms with van der Waals surface area (Å²) in [6.07, 6.45) is 1.58. The van der Waals surface area contributed by atoms with Gasteiger partial charge >= 0.3 is 5.69 Å². The molecule has 1 saturated heterocycles. The number of amides is 1. The van der Waals surface area contributed by atoms with Crippen LogP contribution >= 0.6 is 0 Å². The van der Waals surface area contributed by atoms with Gasteiger partial charge < -0.3 is 29.6 Å². The Morgan fingerprint density at radius 2 is 1.93 bits per heavy atom. The molecule has 3 aliphatic rings. The van der Waals surface area contributed by atoms with Crippen molar-refractivity contribution < 1.29 is 28.5 Å². The molecule has 2 N–H and O–H groups in total. The van der Waals surface area contributed by atoms with Crippen LogP contribution in [0.15, 0.2) is 59.6 Å². The number of fused-ring (bicyclic) bond motifs is 4. The van der Waals surface area contributed by atoms with Crippen molar-refractivity contribution in [3.63, 3.8) is 0 Å². The fraction of sp³-hybridized carbons (Fsp3) is 0.394.